The molecule has 0 aromatic heterocycles. The maximum atomic E-state index is 4.38. The molecule has 0 bridgehead atoms. The van der Waals surface area contributed by atoms with Crippen molar-refractivity contribution in [3.05, 3.63) is 34.3 Å². The van der Waals surface area contributed by atoms with Gasteiger partial charge < -0.3 is 15.1 Å². The van der Waals surface area contributed by atoms with E-state index in [4.69, 9.17) is 0 Å². The fourth-order valence-corrected chi connectivity index (χ4v) is 2.70. The molecule has 0 unspecified atom stereocenters. The molecule has 0 aliphatic rings. The average molecular weight is 383 g/mol. The molecule has 0 atom stereocenters. The van der Waals surface area contributed by atoms with Crippen LogP contribution in [0.15, 0.2) is 33.7 Å². The van der Waals surface area contributed by atoms with Crippen molar-refractivity contribution in [3.63, 3.8) is 0 Å². The van der Waals surface area contributed by atoms with Crippen molar-refractivity contribution < 1.29 is 0 Å². The molecule has 0 saturated heterocycles. The van der Waals surface area contributed by atoms with Crippen molar-refractivity contribution in [3.8, 4) is 0 Å². The molecule has 4 nitrogen and oxygen atoms in total. The van der Waals surface area contributed by atoms with Crippen molar-refractivity contribution in [2.75, 3.05) is 34.2 Å². The lowest BCUT2D eigenvalue weighted by Crippen LogP contribution is -2.39. The van der Waals surface area contributed by atoms with Gasteiger partial charge in [0, 0.05) is 37.7 Å². The van der Waals surface area contributed by atoms with Gasteiger partial charge in [-0.15, -0.1) is 0 Å². The quantitative estimate of drug-likeness (QED) is 0.423. The van der Waals surface area contributed by atoms with E-state index in [2.05, 4.69) is 82.2 Å². The van der Waals surface area contributed by atoms with Gasteiger partial charge in [0.05, 0.1) is 0 Å². The smallest absolute Gasteiger partial charge is 0.193 e. The molecule has 130 valence electrons. The molecule has 0 aliphatic carbocycles. The summed E-state index contributed by atoms with van der Waals surface area (Å²) < 4.78 is 1.14. The number of guanidine groups is 1. The summed E-state index contributed by atoms with van der Waals surface area (Å²) in [7, 11) is 6.09. The van der Waals surface area contributed by atoms with E-state index in [0.29, 0.717) is 6.04 Å². The number of unbranched alkanes of at least 4 members (excludes halogenated alkanes) is 1. The summed E-state index contributed by atoms with van der Waals surface area (Å²) in [6, 6.07) is 8.93. The largest absolute Gasteiger partial charge is 0.356 e. The van der Waals surface area contributed by atoms with Gasteiger partial charge >= 0.3 is 0 Å². The first kappa shape index (κ1) is 20.0. The van der Waals surface area contributed by atoms with Crippen LogP contribution < -0.4 is 5.32 Å². The summed E-state index contributed by atoms with van der Waals surface area (Å²) in [5.41, 5.74) is 1.26. The molecule has 0 amide bonds. The van der Waals surface area contributed by atoms with Gasteiger partial charge in [0.25, 0.3) is 0 Å². The molecule has 0 spiro atoms. The van der Waals surface area contributed by atoms with Crippen molar-refractivity contribution >= 4 is 21.9 Å². The number of nitrogens with one attached hydrogen (secondary N) is 1. The number of hydrogen-bond acceptors (Lipinski definition) is 2. The third-order valence-corrected chi connectivity index (χ3v) is 4.81. The van der Waals surface area contributed by atoms with Gasteiger partial charge in [-0.1, -0.05) is 34.1 Å². The highest BCUT2D eigenvalue weighted by molar-refractivity contribution is 9.10. The Morgan fingerprint density at radius 1 is 1.22 bits per heavy atom. The number of aliphatic imine (C=N–C) groups is 1. The Balaban J connectivity index is 2.35. The van der Waals surface area contributed by atoms with Crippen LogP contribution in [-0.2, 0) is 6.54 Å². The first-order valence-electron chi connectivity index (χ1n) is 8.31. The first-order valence-corrected chi connectivity index (χ1v) is 9.10. The molecule has 0 aliphatic heterocycles. The Bertz CT molecular complexity index is 488. The van der Waals surface area contributed by atoms with Crippen molar-refractivity contribution in [2.45, 2.75) is 39.3 Å². The lowest BCUT2D eigenvalue weighted by atomic mass is 10.2. The maximum absolute atomic E-state index is 4.38. The average Bonchev–Trinajstić information content (AvgIpc) is 2.52. The molecule has 0 radical (unpaired) electrons. The first-order chi connectivity index (χ1) is 11.0. The van der Waals surface area contributed by atoms with Crippen LogP contribution >= 0.6 is 15.9 Å². The Morgan fingerprint density at radius 3 is 2.52 bits per heavy atom. The summed E-state index contributed by atoms with van der Waals surface area (Å²) in [4.78, 5) is 8.92. The predicted molar refractivity (Wildman–Crippen MR) is 104 cm³/mol. The van der Waals surface area contributed by atoms with Crippen LogP contribution in [-0.4, -0.2) is 56.0 Å². The SMILES string of the molecule is CN=C(NCCCCN(C)C(C)C)N(C)Cc1ccccc1Br. The van der Waals surface area contributed by atoms with E-state index in [0.717, 1.165) is 36.5 Å². The molecule has 1 aromatic rings. The fraction of sp³-hybridized carbons (Fsp3) is 0.611. The minimum absolute atomic E-state index is 0.617. The van der Waals surface area contributed by atoms with Crippen LogP contribution in [0.1, 0.15) is 32.3 Å². The highest BCUT2D eigenvalue weighted by atomic mass is 79.9. The highest BCUT2D eigenvalue weighted by Gasteiger charge is 2.08. The van der Waals surface area contributed by atoms with Gasteiger partial charge in [-0.05, 0) is 51.9 Å². The zero-order valence-electron chi connectivity index (χ0n) is 15.1. The van der Waals surface area contributed by atoms with Crippen molar-refractivity contribution in [1.29, 1.82) is 0 Å². The second-order valence-corrected chi connectivity index (χ2v) is 7.06. The summed E-state index contributed by atoms with van der Waals surface area (Å²) in [5.74, 6) is 0.943. The topological polar surface area (TPSA) is 30.9 Å². The van der Waals surface area contributed by atoms with Gasteiger partial charge in [-0.3, -0.25) is 4.99 Å². The summed E-state index contributed by atoms with van der Waals surface area (Å²) in [6.07, 6.45) is 2.35. The molecule has 0 saturated carbocycles. The number of rotatable bonds is 8. The lowest BCUT2D eigenvalue weighted by Gasteiger charge is -2.23. The van der Waals surface area contributed by atoms with Gasteiger partial charge in [0.15, 0.2) is 5.96 Å². The van der Waals surface area contributed by atoms with Crippen molar-refractivity contribution in [2.24, 2.45) is 4.99 Å². The predicted octanol–water partition coefficient (Wildman–Crippen LogP) is 3.58. The van der Waals surface area contributed by atoms with E-state index in [1.807, 2.05) is 13.1 Å². The van der Waals surface area contributed by atoms with E-state index in [-0.39, 0.29) is 0 Å². The zero-order chi connectivity index (χ0) is 17.2. The maximum Gasteiger partial charge on any atom is 0.193 e. The standard InChI is InChI=1S/C18H31BrN4/c1-15(2)22(4)13-9-8-12-21-18(20-3)23(5)14-16-10-6-7-11-17(16)19/h6-7,10-11,15H,8-9,12-14H2,1-5H3,(H,20,21). The van der Waals surface area contributed by atoms with Gasteiger partial charge in [0.2, 0.25) is 0 Å². The Morgan fingerprint density at radius 2 is 1.91 bits per heavy atom. The Kier molecular flexibility index (Phi) is 9.26. The third-order valence-electron chi connectivity index (χ3n) is 4.04. The highest BCUT2D eigenvalue weighted by Crippen LogP contribution is 2.17. The van der Waals surface area contributed by atoms with Gasteiger partial charge in [0.1, 0.15) is 0 Å². The Hall–Kier alpha value is -1.07. The normalized spacial score (nSPS) is 12.1. The molecule has 23 heavy (non-hydrogen) atoms. The minimum atomic E-state index is 0.617. The monoisotopic (exact) mass is 382 g/mol. The number of hydrogen-bond donors (Lipinski definition) is 1. The van der Waals surface area contributed by atoms with Crippen LogP contribution in [0.2, 0.25) is 0 Å². The second-order valence-electron chi connectivity index (χ2n) is 6.20. The number of benzene rings is 1. The zero-order valence-corrected chi connectivity index (χ0v) is 16.7. The molecule has 1 aromatic carbocycles. The molecule has 0 fully saturated rings. The van der Waals surface area contributed by atoms with Crippen LogP contribution in [0.25, 0.3) is 0 Å². The van der Waals surface area contributed by atoms with E-state index in [1.165, 1.54) is 12.0 Å². The summed E-state index contributed by atoms with van der Waals surface area (Å²) >= 11 is 3.60. The summed E-state index contributed by atoms with van der Waals surface area (Å²) in [6.45, 7) is 7.40. The molecule has 0 heterocycles. The van der Waals surface area contributed by atoms with E-state index in [1.54, 1.807) is 0 Å². The second kappa shape index (κ2) is 10.7. The molecular formula is C18H31BrN4. The van der Waals surface area contributed by atoms with Gasteiger partial charge in [-0.25, -0.2) is 0 Å². The van der Waals surface area contributed by atoms with Crippen LogP contribution in [0.4, 0.5) is 0 Å². The molecule has 1 N–H and O–H groups in total. The van der Waals surface area contributed by atoms with Crippen molar-refractivity contribution in [1.82, 2.24) is 15.1 Å². The van der Waals surface area contributed by atoms with E-state index in [9.17, 15) is 0 Å². The summed E-state index contributed by atoms with van der Waals surface area (Å²) in [5, 5.41) is 3.45. The van der Waals surface area contributed by atoms with E-state index >= 15 is 0 Å². The van der Waals surface area contributed by atoms with Crippen LogP contribution in [0.3, 0.4) is 0 Å². The fourth-order valence-electron chi connectivity index (χ4n) is 2.29. The third kappa shape index (κ3) is 7.36. The Labute approximate surface area is 150 Å². The molecule has 1 rings (SSSR count). The lowest BCUT2D eigenvalue weighted by molar-refractivity contribution is 0.268. The van der Waals surface area contributed by atoms with Crippen LogP contribution in [0, 0.1) is 0 Å². The number of halogens is 1. The number of nitrogens with zero attached hydrogens (tertiary/aromatic N) is 3. The van der Waals surface area contributed by atoms with E-state index < -0.39 is 0 Å². The molecular weight excluding hydrogens is 352 g/mol. The molecule has 5 heteroatoms. The minimum Gasteiger partial charge on any atom is -0.356 e. The van der Waals surface area contributed by atoms with Gasteiger partial charge in [-0.2, -0.15) is 0 Å². The van der Waals surface area contributed by atoms with Crippen LogP contribution in [0.5, 0.6) is 0 Å².